The fourth-order valence-electron chi connectivity index (χ4n) is 3.06. The molecule has 0 aromatic rings. The number of nitrogens with two attached hydrogens (primary N) is 1. The van der Waals surface area contributed by atoms with E-state index < -0.39 is 6.16 Å². The van der Waals surface area contributed by atoms with Crippen molar-refractivity contribution in [2.24, 2.45) is 23.0 Å². The number of carboxylic acid groups (broad SMARTS) is 1. The van der Waals surface area contributed by atoms with Crippen molar-refractivity contribution < 1.29 is 14.6 Å². The molecule has 4 nitrogen and oxygen atoms in total. The molecular formula is C10H17NO3. The molecule has 3 aliphatic rings. The normalized spacial score (nSPS) is 43.9. The molecule has 4 atom stereocenters. The standard InChI is InChI=1S/C10H17NO3/c1-10(2)5-3-6(10)8(11)7(4-5)14-9(12)13/h5-8H,3-4,11H2,1-2H3,(H,12,13)/t5?,6-,7+,8+/m0/s1. The Hall–Kier alpha value is -0.770. The molecule has 0 aromatic carbocycles. The zero-order valence-corrected chi connectivity index (χ0v) is 8.56. The van der Waals surface area contributed by atoms with Crippen LogP contribution >= 0.6 is 0 Å². The number of hydrogen-bond donors (Lipinski definition) is 2. The van der Waals surface area contributed by atoms with E-state index in [1.165, 1.54) is 0 Å². The van der Waals surface area contributed by atoms with Gasteiger partial charge in [-0.15, -0.1) is 0 Å². The predicted octanol–water partition coefficient (Wildman–Crippen LogP) is 1.44. The molecule has 3 rings (SSSR count). The summed E-state index contributed by atoms with van der Waals surface area (Å²) in [5, 5.41) is 8.54. The molecule has 3 N–H and O–H groups in total. The van der Waals surface area contributed by atoms with E-state index in [4.69, 9.17) is 15.6 Å². The van der Waals surface area contributed by atoms with Crippen molar-refractivity contribution in [3.05, 3.63) is 0 Å². The molecular weight excluding hydrogens is 182 g/mol. The Morgan fingerprint density at radius 1 is 1.50 bits per heavy atom. The average molecular weight is 199 g/mol. The molecule has 0 radical (unpaired) electrons. The van der Waals surface area contributed by atoms with Crippen molar-refractivity contribution in [3.63, 3.8) is 0 Å². The Bertz CT molecular complexity index is 264. The van der Waals surface area contributed by atoms with Gasteiger partial charge in [0.25, 0.3) is 0 Å². The Labute approximate surface area is 83.4 Å². The summed E-state index contributed by atoms with van der Waals surface area (Å²) in [6.07, 6.45) is 0.429. The fraction of sp³-hybridized carbons (Fsp3) is 0.900. The minimum Gasteiger partial charge on any atom is -0.450 e. The summed E-state index contributed by atoms with van der Waals surface area (Å²) in [5.41, 5.74) is 6.27. The first-order valence-corrected chi connectivity index (χ1v) is 5.08. The summed E-state index contributed by atoms with van der Waals surface area (Å²) in [7, 11) is 0. The monoisotopic (exact) mass is 199 g/mol. The molecule has 3 saturated carbocycles. The second-order valence-electron chi connectivity index (χ2n) is 5.10. The van der Waals surface area contributed by atoms with Crippen molar-refractivity contribution in [2.45, 2.75) is 38.8 Å². The maximum absolute atomic E-state index is 10.4. The van der Waals surface area contributed by atoms with Gasteiger partial charge in [-0.3, -0.25) is 0 Å². The topological polar surface area (TPSA) is 72.5 Å². The van der Waals surface area contributed by atoms with Crippen LogP contribution in [0.1, 0.15) is 26.7 Å². The lowest BCUT2D eigenvalue weighted by atomic mass is 9.46. The van der Waals surface area contributed by atoms with E-state index in [9.17, 15) is 4.79 Å². The van der Waals surface area contributed by atoms with Crippen molar-refractivity contribution in [1.82, 2.24) is 0 Å². The molecule has 4 heteroatoms. The van der Waals surface area contributed by atoms with Gasteiger partial charge in [0.1, 0.15) is 6.10 Å². The van der Waals surface area contributed by atoms with Crippen molar-refractivity contribution in [1.29, 1.82) is 0 Å². The van der Waals surface area contributed by atoms with E-state index in [1.54, 1.807) is 0 Å². The van der Waals surface area contributed by atoms with Crippen molar-refractivity contribution >= 4 is 6.16 Å². The van der Waals surface area contributed by atoms with Gasteiger partial charge < -0.3 is 15.6 Å². The first-order chi connectivity index (χ1) is 6.43. The number of ether oxygens (including phenoxy) is 1. The molecule has 0 amide bonds. The molecule has 0 spiro atoms. The predicted molar refractivity (Wildman–Crippen MR) is 50.9 cm³/mol. The van der Waals surface area contributed by atoms with Crippen LogP contribution in [-0.4, -0.2) is 23.4 Å². The average Bonchev–Trinajstić information content (AvgIpc) is 2.06. The third-order valence-corrected chi connectivity index (χ3v) is 4.21. The highest BCUT2D eigenvalue weighted by molar-refractivity contribution is 5.57. The lowest BCUT2D eigenvalue weighted by Gasteiger charge is -2.60. The fourth-order valence-corrected chi connectivity index (χ4v) is 3.06. The van der Waals surface area contributed by atoms with Gasteiger partial charge in [-0.2, -0.15) is 0 Å². The Morgan fingerprint density at radius 2 is 2.14 bits per heavy atom. The zero-order chi connectivity index (χ0) is 10.5. The van der Waals surface area contributed by atoms with Crippen LogP contribution in [0.3, 0.4) is 0 Å². The first kappa shape index (κ1) is 9.77. The molecule has 80 valence electrons. The highest BCUT2D eigenvalue weighted by Crippen LogP contribution is 2.59. The van der Waals surface area contributed by atoms with Crippen LogP contribution in [0.25, 0.3) is 0 Å². The van der Waals surface area contributed by atoms with Gasteiger partial charge in [-0.1, -0.05) is 13.8 Å². The Morgan fingerprint density at radius 3 is 2.57 bits per heavy atom. The zero-order valence-electron chi connectivity index (χ0n) is 8.56. The van der Waals surface area contributed by atoms with Crippen molar-refractivity contribution in [2.75, 3.05) is 0 Å². The highest BCUT2D eigenvalue weighted by atomic mass is 16.7. The number of carbonyl (C=O) groups is 1. The van der Waals surface area contributed by atoms with Gasteiger partial charge in [0, 0.05) is 6.04 Å². The molecule has 2 bridgehead atoms. The molecule has 14 heavy (non-hydrogen) atoms. The van der Waals surface area contributed by atoms with Crippen LogP contribution in [0, 0.1) is 17.3 Å². The Balaban J connectivity index is 2.04. The van der Waals surface area contributed by atoms with Gasteiger partial charge in [0.05, 0.1) is 0 Å². The molecule has 0 saturated heterocycles. The minimum absolute atomic E-state index is 0.119. The molecule has 3 aliphatic carbocycles. The lowest BCUT2D eigenvalue weighted by molar-refractivity contribution is -0.136. The number of rotatable bonds is 1. The van der Waals surface area contributed by atoms with E-state index in [0.717, 1.165) is 12.8 Å². The number of hydrogen-bond acceptors (Lipinski definition) is 3. The van der Waals surface area contributed by atoms with Crippen LogP contribution in [-0.2, 0) is 4.74 Å². The van der Waals surface area contributed by atoms with E-state index in [1.807, 2.05) is 0 Å². The van der Waals surface area contributed by atoms with Crippen molar-refractivity contribution in [3.8, 4) is 0 Å². The second-order valence-corrected chi connectivity index (χ2v) is 5.10. The van der Waals surface area contributed by atoms with Crippen LogP contribution in [0.4, 0.5) is 4.79 Å². The highest BCUT2D eigenvalue weighted by Gasteiger charge is 2.57. The summed E-state index contributed by atoms with van der Waals surface area (Å²) in [6.45, 7) is 4.42. The third kappa shape index (κ3) is 1.21. The van der Waals surface area contributed by atoms with Gasteiger partial charge in [-0.25, -0.2) is 4.79 Å². The number of fused-ring (bicyclic) bond motifs is 2. The maximum Gasteiger partial charge on any atom is 0.506 e. The second kappa shape index (κ2) is 2.86. The van der Waals surface area contributed by atoms with E-state index in [0.29, 0.717) is 11.8 Å². The lowest BCUT2D eigenvalue weighted by Crippen LogP contribution is -2.64. The Kier molecular flexibility index (Phi) is 2.00. The van der Waals surface area contributed by atoms with Gasteiger partial charge in [-0.05, 0) is 30.1 Å². The summed E-state index contributed by atoms with van der Waals surface area (Å²) in [5.74, 6) is 1.00. The minimum atomic E-state index is -1.20. The maximum atomic E-state index is 10.4. The molecule has 0 aliphatic heterocycles. The van der Waals surface area contributed by atoms with Gasteiger partial charge in [0.15, 0.2) is 0 Å². The van der Waals surface area contributed by atoms with Gasteiger partial charge >= 0.3 is 6.16 Å². The van der Waals surface area contributed by atoms with Crippen LogP contribution in [0.15, 0.2) is 0 Å². The quantitative estimate of drug-likeness (QED) is 0.627. The summed E-state index contributed by atoms with van der Waals surface area (Å²) >= 11 is 0. The first-order valence-electron chi connectivity index (χ1n) is 5.08. The molecule has 3 fully saturated rings. The molecule has 1 unspecified atom stereocenters. The SMILES string of the molecule is CC1(C)C2C[C@@H](OC(=O)O)[C@H](N)[C@@H]1C2. The summed E-state index contributed by atoms with van der Waals surface area (Å²) in [4.78, 5) is 10.4. The summed E-state index contributed by atoms with van der Waals surface area (Å²) in [6, 6.07) is -0.119. The smallest absolute Gasteiger partial charge is 0.450 e. The van der Waals surface area contributed by atoms with E-state index >= 15 is 0 Å². The van der Waals surface area contributed by atoms with E-state index in [-0.39, 0.29) is 17.6 Å². The van der Waals surface area contributed by atoms with E-state index in [2.05, 4.69) is 13.8 Å². The molecule has 0 aromatic heterocycles. The van der Waals surface area contributed by atoms with Gasteiger partial charge in [0.2, 0.25) is 0 Å². The third-order valence-electron chi connectivity index (χ3n) is 4.21. The largest absolute Gasteiger partial charge is 0.506 e. The van der Waals surface area contributed by atoms with Crippen LogP contribution in [0.2, 0.25) is 0 Å². The summed E-state index contributed by atoms with van der Waals surface area (Å²) < 4.78 is 4.79. The van der Waals surface area contributed by atoms with Crippen LogP contribution in [0.5, 0.6) is 0 Å². The van der Waals surface area contributed by atoms with Crippen LogP contribution < -0.4 is 5.73 Å². The molecule has 0 heterocycles.